The first-order chi connectivity index (χ1) is 9.99. The summed E-state index contributed by atoms with van der Waals surface area (Å²) in [7, 11) is 0. The van der Waals surface area contributed by atoms with Crippen molar-refractivity contribution < 1.29 is 17.9 Å². The molecule has 0 fully saturated rings. The first-order valence-corrected chi connectivity index (χ1v) is 8.18. The molecule has 1 aromatic rings. The van der Waals surface area contributed by atoms with E-state index >= 15 is 0 Å². The number of halogens is 3. The number of alkyl halides is 3. The molecule has 2 nitrogen and oxygen atoms in total. The monoisotopic (exact) mass is 319 g/mol. The number of aryl methyl sites for hydroxylation is 1. The van der Waals surface area contributed by atoms with Crippen LogP contribution < -0.4 is 10.1 Å². The van der Waals surface area contributed by atoms with Crippen LogP contribution in [0.4, 0.5) is 13.2 Å². The summed E-state index contributed by atoms with van der Waals surface area (Å²) in [4.78, 5) is 0. The molecule has 0 spiro atoms. The van der Waals surface area contributed by atoms with Crippen LogP contribution in [0.3, 0.4) is 0 Å². The van der Waals surface area contributed by atoms with Crippen LogP contribution in [0.15, 0.2) is 18.2 Å². The molecule has 21 heavy (non-hydrogen) atoms. The molecule has 1 aromatic carbocycles. The Hall–Kier alpha value is -0.880. The van der Waals surface area contributed by atoms with Gasteiger partial charge < -0.3 is 10.1 Å². The SMILES string of the molecule is CCNC1CCCc2ccc(OCCSC(F)(F)F)cc21. The predicted octanol–water partition coefficient (Wildman–Crippen LogP) is 4.31. The van der Waals surface area contributed by atoms with Crippen molar-refractivity contribution in [3.8, 4) is 5.75 Å². The second-order valence-electron chi connectivity index (χ2n) is 5.01. The fourth-order valence-electron chi connectivity index (χ4n) is 2.64. The summed E-state index contributed by atoms with van der Waals surface area (Å²) in [6.07, 6.45) is 3.31. The van der Waals surface area contributed by atoms with Crippen LogP contribution in [0.1, 0.15) is 36.9 Å². The average molecular weight is 319 g/mol. The third-order valence-electron chi connectivity index (χ3n) is 3.50. The lowest BCUT2D eigenvalue weighted by Crippen LogP contribution is -2.24. The minimum absolute atomic E-state index is 0.0471. The van der Waals surface area contributed by atoms with E-state index in [1.165, 1.54) is 11.1 Å². The van der Waals surface area contributed by atoms with Crippen molar-refractivity contribution >= 4 is 11.8 Å². The molecule has 0 heterocycles. The second-order valence-corrected chi connectivity index (χ2v) is 6.17. The van der Waals surface area contributed by atoms with Gasteiger partial charge in [0.15, 0.2) is 0 Å². The highest BCUT2D eigenvalue weighted by Crippen LogP contribution is 2.33. The number of nitrogens with one attached hydrogen (secondary N) is 1. The zero-order valence-electron chi connectivity index (χ0n) is 12.0. The normalized spacial score (nSPS) is 18.4. The fraction of sp³-hybridized carbons (Fsp3) is 0.600. The minimum Gasteiger partial charge on any atom is -0.493 e. The van der Waals surface area contributed by atoms with Crippen molar-refractivity contribution in [2.45, 2.75) is 37.7 Å². The van der Waals surface area contributed by atoms with E-state index in [0.717, 1.165) is 25.8 Å². The molecule has 0 aliphatic heterocycles. The Morgan fingerprint density at radius 1 is 1.38 bits per heavy atom. The lowest BCUT2D eigenvalue weighted by molar-refractivity contribution is -0.0329. The Balaban J connectivity index is 1.94. The smallest absolute Gasteiger partial charge is 0.441 e. The zero-order chi connectivity index (χ0) is 15.3. The molecule has 0 radical (unpaired) electrons. The van der Waals surface area contributed by atoms with Gasteiger partial charge in [-0.3, -0.25) is 0 Å². The maximum atomic E-state index is 12.0. The van der Waals surface area contributed by atoms with E-state index in [9.17, 15) is 13.2 Å². The van der Waals surface area contributed by atoms with Gasteiger partial charge in [0.1, 0.15) is 5.75 Å². The predicted molar refractivity (Wildman–Crippen MR) is 79.8 cm³/mol. The summed E-state index contributed by atoms with van der Waals surface area (Å²) in [5, 5.41) is 3.45. The van der Waals surface area contributed by atoms with Crippen molar-refractivity contribution in [1.82, 2.24) is 5.32 Å². The molecule has 1 N–H and O–H groups in total. The first kappa shape index (κ1) is 16.5. The minimum atomic E-state index is -4.19. The Morgan fingerprint density at radius 3 is 2.90 bits per heavy atom. The van der Waals surface area contributed by atoms with Gasteiger partial charge in [-0.15, -0.1) is 0 Å². The van der Waals surface area contributed by atoms with Crippen LogP contribution in [0.5, 0.6) is 5.75 Å². The zero-order valence-corrected chi connectivity index (χ0v) is 12.8. The van der Waals surface area contributed by atoms with E-state index in [4.69, 9.17) is 4.74 Å². The molecule has 1 aliphatic carbocycles. The number of hydrogen-bond acceptors (Lipinski definition) is 3. The summed E-state index contributed by atoms with van der Waals surface area (Å²) in [5.74, 6) is 0.568. The van der Waals surface area contributed by atoms with Crippen molar-refractivity contribution in [2.24, 2.45) is 0 Å². The molecule has 2 rings (SSSR count). The van der Waals surface area contributed by atoms with E-state index in [1.54, 1.807) is 0 Å². The lowest BCUT2D eigenvalue weighted by Gasteiger charge is -2.26. The second kappa shape index (κ2) is 7.40. The van der Waals surface area contributed by atoms with E-state index in [-0.39, 0.29) is 24.1 Å². The third-order valence-corrected chi connectivity index (χ3v) is 4.20. The largest absolute Gasteiger partial charge is 0.493 e. The molecular weight excluding hydrogens is 299 g/mol. The number of benzene rings is 1. The molecule has 6 heteroatoms. The molecule has 0 bridgehead atoms. The Morgan fingerprint density at radius 2 is 2.19 bits per heavy atom. The molecule has 1 unspecified atom stereocenters. The van der Waals surface area contributed by atoms with Crippen molar-refractivity contribution in [1.29, 1.82) is 0 Å². The molecule has 1 aliphatic rings. The van der Waals surface area contributed by atoms with Gasteiger partial charge in [0.25, 0.3) is 0 Å². The van der Waals surface area contributed by atoms with Crippen LogP contribution in [-0.4, -0.2) is 24.4 Å². The summed E-state index contributed by atoms with van der Waals surface area (Å²) in [5.41, 5.74) is -1.65. The summed E-state index contributed by atoms with van der Waals surface area (Å²) < 4.78 is 41.6. The topological polar surface area (TPSA) is 21.3 Å². The van der Waals surface area contributed by atoms with Gasteiger partial charge in [-0.1, -0.05) is 13.0 Å². The highest BCUT2D eigenvalue weighted by atomic mass is 32.2. The van der Waals surface area contributed by atoms with Crippen LogP contribution in [0.2, 0.25) is 0 Å². The molecule has 118 valence electrons. The summed E-state index contributed by atoms with van der Waals surface area (Å²) in [6, 6.07) is 6.18. The van der Waals surface area contributed by atoms with Gasteiger partial charge in [-0.25, -0.2) is 0 Å². The van der Waals surface area contributed by atoms with Crippen LogP contribution in [0.25, 0.3) is 0 Å². The molecule has 0 saturated carbocycles. The van der Waals surface area contributed by atoms with E-state index < -0.39 is 5.51 Å². The number of rotatable bonds is 6. The molecule has 1 atom stereocenters. The van der Waals surface area contributed by atoms with Gasteiger partial charge in [-0.05, 0) is 60.8 Å². The molecule has 0 saturated heterocycles. The number of fused-ring (bicyclic) bond motifs is 1. The van der Waals surface area contributed by atoms with Gasteiger partial charge >= 0.3 is 5.51 Å². The summed E-state index contributed by atoms with van der Waals surface area (Å²) >= 11 is -0.0471. The Bertz CT molecular complexity index is 465. The van der Waals surface area contributed by atoms with Gasteiger partial charge in [0.05, 0.1) is 6.61 Å². The number of ether oxygens (including phenoxy) is 1. The maximum Gasteiger partial charge on any atom is 0.441 e. The van der Waals surface area contributed by atoms with Gasteiger partial charge in [0.2, 0.25) is 0 Å². The van der Waals surface area contributed by atoms with Crippen molar-refractivity contribution in [2.75, 3.05) is 18.9 Å². The average Bonchev–Trinajstić information content (AvgIpc) is 2.43. The Labute approximate surface area is 127 Å². The highest BCUT2D eigenvalue weighted by molar-refractivity contribution is 8.00. The maximum absolute atomic E-state index is 12.0. The van der Waals surface area contributed by atoms with E-state index in [0.29, 0.717) is 11.8 Å². The molecule has 0 aromatic heterocycles. The van der Waals surface area contributed by atoms with Crippen LogP contribution >= 0.6 is 11.8 Å². The fourth-order valence-corrected chi connectivity index (χ4v) is 3.04. The lowest BCUT2D eigenvalue weighted by atomic mass is 9.87. The van der Waals surface area contributed by atoms with Crippen molar-refractivity contribution in [3.05, 3.63) is 29.3 Å². The summed E-state index contributed by atoms with van der Waals surface area (Å²) in [6.45, 7) is 3.04. The van der Waals surface area contributed by atoms with Crippen molar-refractivity contribution in [3.63, 3.8) is 0 Å². The molecular formula is C15H20F3NOS. The highest BCUT2D eigenvalue weighted by Gasteiger charge is 2.27. The van der Waals surface area contributed by atoms with Crippen LogP contribution in [0, 0.1) is 0 Å². The quantitative estimate of drug-likeness (QED) is 0.790. The third kappa shape index (κ3) is 5.11. The standard InChI is InChI=1S/C15H20F3NOS/c1-2-19-14-5-3-4-11-6-7-12(10-13(11)14)20-8-9-21-15(16,17)18/h6-7,10,14,19H,2-5,8-9H2,1H3. The van der Waals surface area contributed by atoms with Crippen LogP contribution in [-0.2, 0) is 6.42 Å². The molecule has 0 amide bonds. The van der Waals surface area contributed by atoms with E-state index in [2.05, 4.69) is 12.2 Å². The number of thioether (sulfide) groups is 1. The van der Waals surface area contributed by atoms with Gasteiger partial charge in [-0.2, -0.15) is 13.2 Å². The number of hydrogen-bond donors (Lipinski definition) is 1. The first-order valence-electron chi connectivity index (χ1n) is 7.19. The Kier molecular flexibility index (Phi) is 5.81. The van der Waals surface area contributed by atoms with E-state index in [1.807, 2.05) is 18.2 Å². The van der Waals surface area contributed by atoms with Gasteiger partial charge in [0, 0.05) is 11.8 Å².